The van der Waals surface area contributed by atoms with Crippen LogP contribution in [0, 0.1) is 6.92 Å². The molecule has 0 aliphatic carbocycles. The smallest absolute Gasteiger partial charge is 0.307 e. The second kappa shape index (κ2) is 6.64. The Hall–Kier alpha value is -1.06. The van der Waals surface area contributed by atoms with Crippen molar-refractivity contribution in [2.45, 2.75) is 19.8 Å². The van der Waals surface area contributed by atoms with Gasteiger partial charge < -0.3 is 10.1 Å². The van der Waals surface area contributed by atoms with Crippen LogP contribution in [-0.4, -0.2) is 25.0 Å². The zero-order valence-electron chi connectivity index (χ0n) is 7.26. The molecule has 0 aromatic carbocycles. The molecular weight excluding hydrogens is 158 g/mol. The molecular formula is C8H14NO3. The number of rotatable bonds is 5. The minimum atomic E-state index is -0.290. The molecule has 0 spiro atoms. The minimum Gasteiger partial charge on any atom is -0.466 e. The summed E-state index contributed by atoms with van der Waals surface area (Å²) in [6, 6.07) is 0. The number of carbonyl (C=O) groups is 2. The van der Waals surface area contributed by atoms with Gasteiger partial charge in [0, 0.05) is 13.0 Å². The molecule has 4 heteroatoms. The molecule has 0 aliphatic rings. The van der Waals surface area contributed by atoms with E-state index in [0.717, 1.165) is 0 Å². The predicted octanol–water partition coefficient (Wildman–Crippen LogP) is 0.280. The van der Waals surface area contributed by atoms with Gasteiger partial charge in [-0.25, -0.2) is 0 Å². The lowest BCUT2D eigenvalue weighted by Crippen LogP contribution is -2.25. The highest BCUT2D eigenvalue weighted by molar-refractivity contribution is 5.77. The third-order valence-corrected chi connectivity index (χ3v) is 1.18. The normalized spacial score (nSPS) is 9.17. The predicted molar refractivity (Wildman–Crippen MR) is 44.2 cm³/mol. The molecule has 0 fully saturated rings. The second-order valence-corrected chi connectivity index (χ2v) is 2.15. The fraction of sp³-hybridized carbons (Fsp3) is 0.625. The summed E-state index contributed by atoms with van der Waals surface area (Å²) >= 11 is 0. The molecule has 0 saturated heterocycles. The van der Waals surface area contributed by atoms with E-state index < -0.39 is 0 Å². The van der Waals surface area contributed by atoms with Crippen molar-refractivity contribution in [2.75, 3.05) is 13.2 Å². The van der Waals surface area contributed by atoms with Crippen LogP contribution in [0.5, 0.6) is 0 Å². The maximum atomic E-state index is 10.7. The van der Waals surface area contributed by atoms with Crippen LogP contribution < -0.4 is 5.32 Å². The first-order valence-corrected chi connectivity index (χ1v) is 3.92. The molecule has 0 aromatic rings. The topological polar surface area (TPSA) is 55.4 Å². The Morgan fingerprint density at radius 2 is 2.17 bits per heavy atom. The van der Waals surface area contributed by atoms with Gasteiger partial charge in [-0.2, -0.15) is 0 Å². The first-order chi connectivity index (χ1) is 5.70. The Bertz CT molecular complexity index is 156. The van der Waals surface area contributed by atoms with Crippen LogP contribution in [0.25, 0.3) is 0 Å². The van der Waals surface area contributed by atoms with Gasteiger partial charge in [0.05, 0.1) is 13.0 Å². The molecule has 0 atom stereocenters. The average Bonchev–Trinajstić information content (AvgIpc) is 2.04. The van der Waals surface area contributed by atoms with E-state index in [2.05, 4.69) is 17.0 Å². The van der Waals surface area contributed by atoms with Gasteiger partial charge in [0.15, 0.2) is 0 Å². The highest BCUT2D eigenvalue weighted by Gasteiger charge is 2.01. The molecule has 0 aromatic heterocycles. The van der Waals surface area contributed by atoms with Gasteiger partial charge in [-0.1, -0.05) is 0 Å². The van der Waals surface area contributed by atoms with E-state index in [-0.39, 0.29) is 24.7 Å². The number of amides is 1. The van der Waals surface area contributed by atoms with Crippen molar-refractivity contribution in [1.82, 2.24) is 5.32 Å². The molecule has 1 amide bonds. The summed E-state index contributed by atoms with van der Waals surface area (Å²) in [4.78, 5) is 21.3. The highest BCUT2D eigenvalue weighted by Crippen LogP contribution is 1.84. The number of hydrogen-bond donors (Lipinski definition) is 1. The van der Waals surface area contributed by atoms with Crippen molar-refractivity contribution >= 4 is 11.9 Å². The van der Waals surface area contributed by atoms with Crippen molar-refractivity contribution in [1.29, 1.82) is 0 Å². The third kappa shape index (κ3) is 5.70. The summed E-state index contributed by atoms with van der Waals surface area (Å²) in [5.41, 5.74) is 0. The van der Waals surface area contributed by atoms with Gasteiger partial charge >= 0.3 is 5.97 Å². The van der Waals surface area contributed by atoms with E-state index in [1.54, 1.807) is 6.92 Å². The Morgan fingerprint density at radius 1 is 1.50 bits per heavy atom. The standard InChI is InChI=1S/C8H14NO3/c1-3-7(10)9-6-5-8(11)12-4-2/h1,3-6H2,2H3,(H,9,10). The van der Waals surface area contributed by atoms with Crippen molar-refractivity contribution < 1.29 is 14.3 Å². The van der Waals surface area contributed by atoms with Gasteiger partial charge in [0.1, 0.15) is 0 Å². The van der Waals surface area contributed by atoms with Gasteiger partial charge in [-0.15, -0.1) is 0 Å². The lowest BCUT2D eigenvalue weighted by Gasteiger charge is -2.02. The van der Waals surface area contributed by atoms with E-state index in [1.807, 2.05) is 0 Å². The maximum Gasteiger partial charge on any atom is 0.307 e. The van der Waals surface area contributed by atoms with Crippen molar-refractivity contribution in [3.8, 4) is 0 Å². The van der Waals surface area contributed by atoms with Crippen LogP contribution in [0.4, 0.5) is 0 Å². The zero-order chi connectivity index (χ0) is 9.40. The molecule has 0 bridgehead atoms. The van der Waals surface area contributed by atoms with Gasteiger partial charge in [0.25, 0.3) is 0 Å². The van der Waals surface area contributed by atoms with Crippen molar-refractivity contribution in [3.63, 3.8) is 0 Å². The maximum absolute atomic E-state index is 10.7. The number of nitrogens with one attached hydrogen (secondary N) is 1. The van der Waals surface area contributed by atoms with E-state index in [1.165, 1.54) is 0 Å². The second-order valence-electron chi connectivity index (χ2n) is 2.15. The van der Waals surface area contributed by atoms with E-state index >= 15 is 0 Å². The molecule has 0 unspecified atom stereocenters. The Morgan fingerprint density at radius 3 is 2.67 bits per heavy atom. The molecule has 12 heavy (non-hydrogen) atoms. The zero-order valence-corrected chi connectivity index (χ0v) is 7.26. The SMILES string of the molecule is [CH2]CC(=O)NCCC(=O)OCC. The van der Waals surface area contributed by atoms with Crippen LogP contribution in [0.1, 0.15) is 19.8 Å². The number of hydrogen-bond acceptors (Lipinski definition) is 3. The van der Waals surface area contributed by atoms with Crippen LogP contribution in [0.15, 0.2) is 0 Å². The molecule has 1 N–H and O–H groups in total. The van der Waals surface area contributed by atoms with Gasteiger partial charge in [-0.3, -0.25) is 9.59 Å². The van der Waals surface area contributed by atoms with Crippen molar-refractivity contribution in [3.05, 3.63) is 6.92 Å². The monoisotopic (exact) mass is 172 g/mol. The van der Waals surface area contributed by atoms with Crippen LogP contribution in [-0.2, 0) is 14.3 Å². The number of esters is 1. The number of ether oxygens (including phenoxy) is 1. The Labute approximate surface area is 72.3 Å². The van der Waals surface area contributed by atoms with Gasteiger partial charge in [-0.05, 0) is 13.8 Å². The summed E-state index contributed by atoms with van der Waals surface area (Å²) in [6.07, 6.45) is 0.419. The average molecular weight is 172 g/mol. The summed E-state index contributed by atoms with van der Waals surface area (Å²) in [6.45, 7) is 5.84. The molecule has 0 rings (SSSR count). The fourth-order valence-electron chi connectivity index (χ4n) is 0.626. The first-order valence-electron chi connectivity index (χ1n) is 3.92. The lowest BCUT2D eigenvalue weighted by molar-refractivity contribution is -0.143. The van der Waals surface area contributed by atoms with E-state index in [4.69, 9.17) is 0 Å². The van der Waals surface area contributed by atoms with E-state index in [9.17, 15) is 9.59 Å². The van der Waals surface area contributed by atoms with Crippen molar-refractivity contribution in [2.24, 2.45) is 0 Å². The Kier molecular flexibility index (Phi) is 6.05. The number of carbonyl (C=O) groups excluding carboxylic acids is 2. The summed E-state index contributed by atoms with van der Waals surface area (Å²) in [5.74, 6) is -0.443. The third-order valence-electron chi connectivity index (χ3n) is 1.18. The summed E-state index contributed by atoms with van der Waals surface area (Å²) in [7, 11) is 0. The lowest BCUT2D eigenvalue weighted by atomic mass is 10.4. The minimum absolute atomic E-state index is 0.153. The van der Waals surface area contributed by atoms with Crippen LogP contribution in [0.2, 0.25) is 0 Å². The molecule has 0 saturated carbocycles. The van der Waals surface area contributed by atoms with Crippen LogP contribution >= 0.6 is 0 Å². The highest BCUT2D eigenvalue weighted by atomic mass is 16.5. The van der Waals surface area contributed by atoms with E-state index in [0.29, 0.717) is 13.2 Å². The van der Waals surface area contributed by atoms with Crippen LogP contribution in [0.3, 0.4) is 0 Å². The summed E-state index contributed by atoms with van der Waals surface area (Å²) < 4.78 is 4.65. The molecule has 4 nitrogen and oxygen atoms in total. The van der Waals surface area contributed by atoms with Gasteiger partial charge in [0.2, 0.25) is 5.91 Å². The molecule has 0 aliphatic heterocycles. The Balaban J connectivity index is 3.30. The molecule has 1 radical (unpaired) electrons. The largest absolute Gasteiger partial charge is 0.466 e. The first kappa shape index (κ1) is 10.9. The molecule has 0 heterocycles. The quantitative estimate of drug-likeness (QED) is 0.606. The summed E-state index contributed by atoms with van der Waals surface area (Å²) in [5, 5.41) is 2.52. The fourth-order valence-corrected chi connectivity index (χ4v) is 0.626. The molecule has 69 valence electrons.